The Hall–Kier alpha value is -2.83. The first-order valence-corrected chi connectivity index (χ1v) is 11.1. The number of rotatable bonds is 9. The second-order valence-corrected chi connectivity index (χ2v) is 9.31. The minimum absolute atomic E-state index is 0.0983. The van der Waals surface area contributed by atoms with Crippen LogP contribution in [0.2, 0.25) is 0 Å². The van der Waals surface area contributed by atoms with Crippen molar-refractivity contribution in [2.24, 2.45) is 0 Å². The first kappa shape index (κ1) is 27.2. The van der Waals surface area contributed by atoms with Crippen LogP contribution in [-0.2, 0) is 14.3 Å². The lowest BCUT2D eigenvalue weighted by Crippen LogP contribution is -2.55. The van der Waals surface area contributed by atoms with Crippen LogP contribution in [0.4, 0.5) is 4.79 Å². The number of benzene rings is 1. The van der Waals surface area contributed by atoms with Gasteiger partial charge in [0.25, 0.3) is 0 Å². The Bertz CT molecular complexity index is 814. The Labute approximate surface area is 192 Å². The number of ether oxygens (including phenoxy) is 1. The Morgan fingerprint density at radius 2 is 1.75 bits per heavy atom. The van der Waals surface area contributed by atoms with Gasteiger partial charge < -0.3 is 20.3 Å². The molecule has 1 aromatic carbocycles. The minimum atomic E-state index is -0.879. The number of hydrogen-bond acceptors (Lipinski definition) is 4. The van der Waals surface area contributed by atoms with E-state index >= 15 is 0 Å². The lowest BCUT2D eigenvalue weighted by atomic mass is 9.98. The van der Waals surface area contributed by atoms with Crippen molar-refractivity contribution in [2.75, 3.05) is 0 Å². The third-order valence-electron chi connectivity index (χ3n) is 4.84. The number of amides is 3. The first-order valence-electron chi connectivity index (χ1n) is 11.1. The highest BCUT2D eigenvalue weighted by Crippen LogP contribution is 2.27. The van der Waals surface area contributed by atoms with Crippen LogP contribution in [0.5, 0.6) is 0 Å². The van der Waals surface area contributed by atoms with Gasteiger partial charge in [-0.3, -0.25) is 9.59 Å². The Morgan fingerprint density at radius 3 is 2.25 bits per heavy atom. The standard InChI is InChI=1S/C25H39N3O4/c1-10-17(5)28(23(30)18(6)27-24(31)32-25(7,8)9)21(22(29)26-16(3)4)20-14-12-13-19(11-2)15-20/h11-18,21H,2,10H2,1,3-9H3,(H,26,29)(H,27,31). The minimum Gasteiger partial charge on any atom is -0.444 e. The molecule has 0 heterocycles. The summed E-state index contributed by atoms with van der Waals surface area (Å²) in [4.78, 5) is 40.7. The van der Waals surface area contributed by atoms with Crippen molar-refractivity contribution in [3.05, 3.63) is 42.0 Å². The molecule has 3 atom stereocenters. The fourth-order valence-electron chi connectivity index (χ4n) is 3.22. The zero-order valence-electron chi connectivity index (χ0n) is 20.7. The molecule has 7 nitrogen and oxygen atoms in total. The van der Waals surface area contributed by atoms with Crippen LogP contribution < -0.4 is 10.6 Å². The average Bonchev–Trinajstić information content (AvgIpc) is 2.68. The predicted octanol–water partition coefficient (Wildman–Crippen LogP) is 4.44. The molecule has 0 fully saturated rings. The second kappa shape index (κ2) is 11.7. The van der Waals surface area contributed by atoms with Gasteiger partial charge in [0.15, 0.2) is 0 Å². The summed E-state index contributed by atoms with van der Waals surface area (Å²) in [5.74, 6) is -0.641. The Balaban J connectivity index is 3.39. The van der Waals surface area contributed by atoms with Gasteiger partial charge in [0.2, 0.25) is 11.8 Å². The fourth-order valence-corrected chi connectivity index (χ4v) is 3.22. The summed E-state index contributed by atoms with van der Waals surface area (Å²) in [5.41, 5.74) is 0.841. The molecule has 3 amide bonds. The summed E-state index contributed by atoms with van der Waals surface area (Å²) in [6.07, 6.45) is 1.65. The van der Waals surface area contributed by atoms with Crippen LogP contribution in [0.1, 0.15) is 79.0 Å². The van der Waals surface area contributed by atoms with Crippen molar-refractivity contribution in [1.29, 1.82) is 0 Å². The van der Waals surface area contributed by atoms with Crippen LogP contribution in [0.15, 0.2) is 30.8 Å². The molecule has 7 heteroatoms. The number of nitrogens with zero attached hydrogens (tertiary/aromatic N) is 1. The summed E-state index contributed by atoms with van der Waals surface area (Å²) in [6.45, 7) is 18.3. The van der Waals surface area contributed by atoms with E-state index in [-0.39, 0.29) is 23.9 Å². The van der Waals surface area contributed by atoms with Crippen LogP contribution >= 0.6 is 0 Å². The van der Waals surface area contributed by atoms with Gasteiger partial charge in [-0.15, -0.1) is 0 Å². The molecule has 0 spiro atoms. The molecule has 1 aromatic rings. The summed E-state index contributed by atoms with van der Waals surface area (Å²) >= 11 is 0. The van der Waals surface area contributed by atoms with Gasteiger partial charge in [-0.1, -0.05) is 37.8 Å². The van der Waals surface area contributed by atoms with Crippen molar-refractivity contribution in [2.45, 2.75) is 91.6 Å². The van der Waals surface area contributed by atoms with Crippen molar-refractivity contribution in [1.82, 2.24) is 15.5 Å². The highest BCUT2D eigenvalue weighted by Gasteiger charge is 2.37. The van der Waals surface area contributed by atoms with Gasteiger partial charge >= 0.3 is 6.09 Å². The molecule has 0 aliphatic rings. The monoisotopic (exact) mass is 445 g/mol. The normalized spacial score (nSPS) is 14.2. The predicted molar refractivity (Wildman–Crippen MR) is 128 cm³/mol. The largest absolute Gasteiger partial charge is 0.444 e. The van der Waals surface area contributed by atoms with E-state index in [4.69, 9.17) is 4.74 Å². The van der Waals surface area contributed by atoms with Crippen LogP contribution in [0, 0.1) is 0 Å². The average molecular weight is 446 g/mol. The van der Waals surface area contributed by atoms with Gasteiger partial charge in [0.1, 0.15) is 17.7 Å². The molecule has 0 bridgehead atoms. The van der Waals surface area contributed by atoms with Crippen molar-refractivity contribution < 1.29 is 19.1 Å². The summed E-state index contributed by atoms with van der Waals surface area (Å²) in [5, 5.41) is 5.54. The summed E-state index contributed by atoms with van der Waals surface area (Å²) < 4.78 is 5.29. The van der Waals surface area contributed by atoms with E-state index < -0.39 is 23.8 Å². The van der Waals surface area contributed by atoms with Gasteiger partial charge in [0.05, 0.1) is 0 Å². The molecule has 3 unspecified atom stereocenters. The quantitative estimate of drug-likeness (QED) is 0.588. The van der Waals surface area contributed by atoms with Gasteiger partial charge in [-0.05, 0) is 72.1 Å². The lowest BCUT2D eigenvalue weighted by molar-refractivity contribution is -0.145. The maximum absolute atomic E-state index is 13.6. The molecule has 0 radical (unpaired) electrons. The first-order chi connectivity index (χ1) is 14.8. The van der Waals surface area contributed by atoms with E-state index in [9.17, 15) is 14.4 Å². The smallest absolute Gasteiger partial charge is 0.408 e. The summed E-state index contributed by atoms with van der Waals surface area (Å²) in [6, 6.07) is 5.32. The number of hydrogen-bond donors (Lipinski definition) is 2. The highest BCUT2D eigenvalue weighted by molar-refractivity contribution is 5.92. The maximum Gasteiger partial charge on any atom is 0.408 e. The number of alkyl carbamates (subject to hydrolysis) is 1. The fraction of sp³-hybridized carbons (Fsp3) is 0.560. The van der Waals surface area contributed by atoms with Gasteiger partial charge in [-0.2, -0.15) is 0 Å². The highest BCUT2D eigenvalue weighted by atomic mass is 16.6. The molecular formula is C25H39N3O4. The van der Waals surface area contributed by atoms with Crippen LogP contribution in [0.25, 0.3) is 6.08 Å². The summed E-state index contributed by atoms with van der Waals surface area (Å²) in [7, 11) is 0. The zero-order chi connectivity index (χ0) is 24.6. The van der Waals surface area contributed by atoms with Crippen molar-refractivity contribution >= 4 is 24.0 Å². The van der Waals surface area contributed by atoms with Gasteiger partial charge in [0, 0.05) is 12.1 Å². The molecule has 0 aromatic heterocycles. The van der Waals surface area contributed by atoms with E-state index in [1.807, 2.05) is 52.0 Å². The third kappa shape index (κ3) is 8.02. The van der Waals surface area contributed by atoms with E-state index in [1.54, 1.807) is 38.7 Å². The van der Waals surface area contributed by atoms with Gasteiger partial charge in [-0.25, -0.2) is 4.79 Å². The molecule has 0 aliphatic carbocycles. The molecule has 2 N–H and O–H groups in total. The molecule has 178 valence electrons. The Morgan fingerprint density at radius 1 is 1.12 bits per heavy atom. The second-order valence-electron chi connectivity index (χ2n) is 9.31. The molecule has 0 saturated carbocycles. The molecule has 0 saturated heterocycles. The topological polar surface area (TPSA) is 87.7 Å². The Kier molecular flexibility index (Phi) is 9.94. The number of carbonyl (C=O) groups is 3. The van der Waals surface area contributed by atoms with E-state index in [0.29, 0.717) is 12.0 Å². The zero-order valence-corrected chi connectivity index (χ0v) is 20.7. The molecule has 0 aliphatic heterocycles. The number of nitrogens with one attached hydrogen (secondary N) is 2. The molecular weight excluding hydrogens is 406 g/mol. The van der Waals surface area contributed by atoms with E-state index in [2.05, 4.69) is 17.2 Å². The third-order valence-corrected chi connectivity index (χ3v) is 4.84. The molecule has 1 rings (SSSR count). The van der Waals surface area contributed by atoms with E-state index in [1.165, 1.54) is 0 Å². The van der Waals surface area contributed by atoms with E-state index in [0.717, 1.165) is 5.56 Å². The van der Waals surface area contributed by atoms with Crippen molar-refractivity contribution in [3.63, 3.8) is 0 Å². The lowest BCUT2D eigenvalue weighted by Gasteiger charge is -2.38. The van der Waals surface area contributed by atoms with Crippen molar-refractivity contribution in [3.8, 4) is 0 Å². The number of carbonyl (C=O) groups excluding carboxylic acids is 3. The SMILES string of the molecule is C=Cc1cccc(C(C(=O)NC(C)C)N(C(=O)C(C)NC(=O)OC(C)(C)C)C(C)CC)c1. The maximum atomic E-state index is 13.6. The van der Waals surface area contributed by atoms with Crippen LogP contribution in [0.3, 0.4) is 0 Å². The molecule has 32 heavy (non-hydrogen) atoms. The van der Waals surface area contributed by atoms with Crippen LogP contribution in [-0.4, -0.2) is 46.5 Å².